The van der Waals surface area contributed by atoms with Crippen molar-refractivity contribution in [3.05, 3.63) is 29.6 Å². The molecule has 0 saturated heterocycles. The zero-order valence-electron chi connectivity index (χ0n) is 10.6. The SMILES string of the molecule is Cc1cncc(CNCC2(C(C)C)CC2)c1. The van der Waals surface area contributed by atoms with Gasteiger partial charge in [-0.05, 0) is 42.2 Å². The Morgan fingerprint density at radius 2 is 2.12 bits per heavy atom. The summed E-state index contributed by atoms with van der Waals surface area (Å²) in [5.74, 6) is 0.802. The summed E-state index contributed by atoms with van der Waals surface area (Å²) in [6.45, 7) is 8.86. The average molecular weight is 218 g/mol. The first-order chi connectivity index (χ1) is 7.62. The summed E-state index contributed by atoms with van der Waals surface area (Å²) in [5, 5.41) is 3.57. The van der Waals surface area contributed by atoms with E-state index in [1.807, 2.05) is 12.4 Å². The molecule has 0 atom stereocenters. The Balaban J connectivity index is 1.80. The first-order valence-corrected chi connectivity index (χ1v) is 6.24. The summed E-state index contributed by atoms with van der Waals surface area (Å²) in [4.78, 5) is 4.21. The zero-order valence-corrected chi connectivity index (χ0v) is 10.6. The lowest BCUT2D eigenvalue weighted by molar-refractivity contribution is 0.338. The Labute approximate surface area is 98.5 Å². The third kappa shape index (κ3) is 2.62. The first kappa shape index (κ1) is 11.6. The number of rotatable bonds is 5. The third-order valence-electron chi connectivity index (χ3n) is 3.85. The van der Waals surface area contributed by atoms with Gasteiger partial charge >= 0.3 is 0 Å². The summed E-state index contributed by atoms with van der Waals surface area (Å²) in [6, 6.07) is 2.20. The van der Waals surface area contributed by atoms with E-state index in [0.717, 1.165) is 19.0 Å². The maximum absolute atomic E-state index is 4.21. The number of hydrogen-bond donors (Lipinski definition) is 1. The van der Waals surface area contributed by atoms with Crippen LogP contribution >= 0.6 is 0 Å². The lowest BCUT2D eigenvalue weighted by Crippen LogP contribution is -2.27. The molecule has 0 unspecified atom stereocenters. The summed E-state index contributed by atoms with van der Waals surface area (Å²) in [5.41, 5.74) is 3.13. The molecular formula is C14H22N2. The molecule has 2 heteroatoms. The lowest BCUT2D eigenvalue weighted by atomic mass is 9.92. The van der Waals surface area contributed by atoms with Crippen LogP contribution < -0.4 is 5.32 Å². The maximum atomic E-state index is 4.21. The van der Waals surface area contributed by atoms with E-state index in [1.54, 1.807) is 0 Å². The second kappa shape index (κ2) is 4.54. The molecule has 1 heterocycles. The second-order valence-electron chi connectivity index (χ2n) is 5.49. The highest BCUT2D eigenvalue weighted by Crippen LogP contribution is 2.51. The number of nitrogens with zero attached hydrogens (tertiary/aromatic N) is 1. The van der Waals surface area contributed by atoms with Gasteiger partial charge in [0.1, 0.15) is 0 Å². The van der Waals surface area contributed by atoms with Crippen LogP contribution in [-0.2, 0) is 6.54 Å². The van der Waals surface area contributed by atoms with Crippen molar-refractivity contribution in [1.29, 1.82) is 0 Å². The minimum absolute atomic E-state index is 0.594. The van der Waals surface area contributed by atoms with Crippen LogP contribution in [0.3, 0.4) is 0 Å². The van der Waals surface area contributed by atoms with Gasteiger partial charge in [0.05, 0.1) is 0 Å². The van der Waals surface area contributed by atoms with Crippen LogP contribution in [0.2, 0.25) is 0 Å². The Kier molecular flexibility index (Phi) is 3.29. The van der Waals surface area contributed by atoms with Crippen LogP contribution in [0, 0.1) is 18.3 Å². The predicted molar refractivity (Wildman–Crippen MR) is 67.2 cm³/mol. The van der Waals surface area contributed by atoms with Gasteiger partial charge in [0.15, 0.2) is 0 Å². The highest BCUT2D eigenvalue weighted by atomic mass is 14.9. The van der Waals surface area contributed by atoms with Crippen molar-refractivity contribution in [3.63, 3.8) is 0 Å². The molecular weight excluding hydrogens is 196 g/mol. The van der Waals surface area contributed by atoms with Gasteiger partial charge in [-0.15, -0.1) is 0 Å². The molecule has 0 aromatic carbocycles. The molecule has 1 N–H and O–H groups in total. The van der Waals surface area contributed by atoms with Crippen molar-refractivity contribution in [2.24, 2.45) is 11.3 Å². The maximum Gasteiger partial charge on any atom is 0.0313 e. The molecule has 1 aromatic rings. The standard InChI is InChI=1S/C14H22N2/c1-11(2)14(4-5-14)10-16-9-13-6-12(3)7-15-8-13/h6-8,11,16H,4-5,9-10H2,1-3H3. The molecule has 16 heavy (non-hydrogen) atoms. The van der Waals surface area contributed by atoms with Gasteiger partial charge in [-0.3, -0.25) is 4.98 Å². The van der Waals surface area contributed by atoms with Gasteiger partial charge in [0.2, 0.25) is 0 Å². The van der Waals surface area contributed by atoms with Crippen LogP contribution in [0.1, 0.15) is 37.8 Å². The molecule has 2 rings (SSSR count). The highest BCUT2D eigenvalue weighted by Gasteiger charge is 2.44. The summed E-state index contributed by atoms with van der Waals surface area (Å²) in [6.07, 6.45) is 6.64. The molecule has 1 fully saturated rings. The van der Waals surface area contributed by atoms with Crippen LogP contribution in [0.15, 0.2) is 18.5 Å². The van der Waals surface area contributed by atoms with Crippen LogP contribution in [-0.4, -0.2) is 11.5 Å². The smallest absolute Gasteiger partial charge is 0.0313 e. The quantitative estimate of drug-likeness (QED) is 0.822. The first-order valence-electron chi connectivity index (χ1n) is 6.24. The number of aryl methyl sites for hydroxylation is 1. The second-order valence-corrected chi connectivity index (χ2v) is 5.49. The zero-order chi connectivity index (χ0) is 11.6. The minimum atomic E-state index is 0.594. The van der Waals surface area contributed by atoms with E-state index in [1.165, 1.54) is 24.0 Å². The summed E-state index contributed by atoms with van der Waals surface area (Å²) < 4.78 is 0. The van der Waals surface area contributed by atoms with Crippen LogP contribution in [0.25, 0.3) is 0 Å². The molecule has 88 valence electrons. The van der Waals surface area contributed by atoms with Gasteiger partial charge in [-0.25, -0.2) is 0 Å². The van der Waals surface area contributed by atoms with E-state index in [0.29, 0.717) is 5.41 Å². The number of pyridine rings is 1. The fraction of sp³-hybridized carbons (Fsp3) is 0.643. The Morgan fingerprint density at radius 1 is 1.38 bits per heavy atom. The van der Waals surface area contributed by atoms with Crippen molar-refractivity contribution in [2.75, 3.05) is 6.54 Å². The van der Waals surface area contributed by atoms with Crippen molar-refractivity contribution >= 4 is 0 Å². The highest BCUT2D eigenvalue weighted by molar-refractivity contribution is 5.16. The average Bonchev–Trinajstić information content (AvgIpc) is 2.99. The molecule has 1 aliphatic carbocycles. The molecule has 0 spiro atoms. The van der Waals surface area contributed by atoms with E-state index in [4.69, 9.17) is 0 Å². The monoisotopic (exact) mass is 218 g/mol. The van der Waals surface area contributed by atoms with E-state index in [9.17, 15) is 0 Å². The molecule has 0 radical (unpaired) electrons. The number of aromatic nitrogens is 1. The normalized spacial score (nSPS) is 17.8. The molecule has 0 bridgehead atoms. The predicted octanol–water partition coefficient (Wildman–Crippen LogP) is 2.92. The topological polar surface area (TPSA) is 24.9 Å². The lowest BCUT2D eigenvalue weighted by Gasteiger charge is -2.20. The number of nitrogens with one attached hydrogen (secondary N) is 1. The Morgan fingerprint density at radius 3 is 2.69 bits per heavy atom. The van der Waals surface area contributed by atoms with Gasteiger partial charge in [-0.1, -0.05) is 19.9 Å². The molecule has 0 aliphatic heterocycles. The Bertz CT molecular complexity index is 354. The van der Waals surface area contributed by atoms with Gasteiger partial charge in [-0.2, -0.15) is 0 Å². The minimum Gasteiger partial charge on any atom is -0.312 e. The van der Waals surface area contributed by atoms with E-state index >= 15 is 0 Å². The van der Waals surface area contributed by atoms with Crippen molar-refractivity contribution < 1.29 is 0 Å². The van der Waals surface area contributed by atoms with Gasteiger partial charge < -0.3 is 5.32 Å². The van der Waals surface area contributed by atoms with Crippen molar-refractivity contribution in [3.8, 4) is 0 Å². The fourth-order valence-electron chi connectivity index (χ4n) is 2.29. The molecule has 1 aromatic heterocycles. The largest absolute Gasteiger partial charge is 0.312 e. The van der Waals surface area contributed by atoms with Crippen LogP contribution in [0.4, 0.5) is 0 Å². The number of hydrogen-bond acceptors (Lipinski definition) is 2. The van der Waals surface area contributed by atoms with E-state index < -0.39 is 0 Å². The molecule has 2 nitrogen and oxygen atoms in total. The van der Waals surface area contributed by atoms with E-state index in [-0.39, 0.29) is 0 Å². The fourth-order valence-corrected chi connectivity index (χ4v) is 2.29. The Hall–Kier alpha value is -0.890. The molecule has 0 amide bonds. The van der Waals surface area contributed by atoms with Gasteiger partial charge in [0.25, 0.3) is 0 Å². The van der Waals surface area contributed by atoms with Gasteiger partial charge in [0, 0.05) is 25.5 Å². The molecule has 1 saturated carbocycles. The van der Waals surface area contributed by atoms with E-state index in [2.05, 4.69) is 37.1 Å². The summed E-state index contributed by atoms with van der Waals surface area (Å²) >= 11 is 0. The molecule has 1 aliphatic rings. The van der Waals surface area contributed by atoms with Crippen LogP contribution in [0.5, 0.6) is 0 Å². The van der Waals surface area contributed by atoms with Crippen molar-refractivity contribution in [1.82, 2.24) is 10.3 Å². The van der Waals surface area contributed by atoms with Crippen molar-refractivity contribution in [2.45, 2.75) is 40.2 Å². The third-order valence-corrected chi connectivity index (χ3v) is 3.85. The summed E-state index contributed by atoms with van der Waals surface area (Å²) in [7, 11) is 0.